The Morgan fingerprint density at radius 3 is 2.35 bits per heavy atom. The van der Waals surface area contributed by atoms with Crippen LogP contribution in [-0.4, -0.2) is 31.0 Å². The van der Waals surface area contributed by atoms with E-state index in [2.05, 4.69) is 5.32 Å². The van der Waals surface area contributed by atoms with Gasteiger partial charge in [-0.05, 0) is 49.6 Å². The van der Waals surface area contributed by atoms with Crippen molar-refractivity contribution in [3.8, 4) is 0 Å². The lowest BCUT2D eigenvalue weighted by atomic mass is 9.90. The molecule has 0 radical (unpaired) electrons. The number of carbonyl (C=O) groups excluding carboxylic acids is 2. The molecule has 0 bridgehead atoms. The Morgan fingerprint density at radius 1 is 1.17 bits per heavy atom. The number of rotatable bonds is 5. The van der Waals surface area contributed by atoms with E-state index in [0.717, 1.165) is 9.94 Å². The Morgan fingerprint density at radius 2 is 1.83 bits per heavy atom. The Bertz CT molecular complexity index is 678. The zero-order chi connectivity index (χ0) is 17.0. The number of nitrogens with one attached hydrogen (secondary N) is 1. The van der Waals surface area contributed by atoms with Gasteiger partial charge < -0.3 is 5.32 Å². The second kappa shape index (κ2) is 6.93. The highest BCUT2D eigenvalue weighted by atomic mass is 32.1. The molecule has 0 saturated carbocycles. The number of nitrogens with zero attached hydrogens (tertiary/aromatic N) is 1. The Hall–Kier alpha value is -2.18. The number of benzene rings is 1. The minimum atomic E-state index is -0.612. The number of anilines is 1. The van der Waals surface area contributed by atoms with Gasteiger partial charge in [0.25, 0.3) is 5.91 Å². The number of hydroxylamine groups is 2. The van der Waals surface area contributed by atoms with Crippen LogP contribution >= 0.6 is 11.3 Å². The maximum absolute atomic E-state index is 12.5. The first-order chi connectivity index (χ1) is 10.9. The molecule has 0 spiro atoms. The monoisotopic (exact) mass is 332 g/mol. The smallest absolute Gasteiger partial charge is 0.277 e. The standard InChI is InChI=1S/C17H20N2O3S/c1-17(2,14-6-5-11-23-14)16(21)18-13-9-7-12(8-10-13)15(20)19(3)22-4/h5-11H,1-4H3,(H,18,21). The molecule has 5 nitrogen and oxygen atoms in total. The highest BCUT2D eigenvalue weighted by Crippen LogP contribution is 2.29. The first-order valence-electron chi connectivity index (χ1n) is 7.14. The first kappa shape index (κ1) is 17.2. The van der Waals surface area contributed by atoms with Crippen LogP contribution in [0.3, 0.4) is 0 Å². The molecule has 23 heavy (non-hydrogen) atoms. The average molecular weight is 332 g/mol. The molecule has 1 aromatic heterocycles. The van der Waals surface area contributed by atoms with Crippen LogP contribution in [0.4, 0.5) is 5.69 Å². The lowest BCUT2D eigenvalue weighted by molar-refractivity contribution is -0.120. The summed E-state index contributed by atoms with van der Waals surface area (Å²) in [4.78, 5) is 30.3. The average Bonchev–Trinajstić information content (AvgIpc) is 3.09. The van der Waals surface area contributed by atoms with E-state index in [0.29, 0.717) is 11.3 Å². The maximum Gasteiger partial charge on any atom is 0.277 e. The third-order valence-electron chi connectivity index (χ3n) is 3.65. The summed E-state index contributed by atoms with van der Waals surface area (Å²) in [5.41, 5.74) is 0.528. The summed E-state index contributed by atoms with van der Waals surface area (Å²) in [6.07, 6.45) is 0. The molecule has 0 aliphatic rings. The van der Waals surface area contributed by atoms with Gasteiger partial charge in [-0.1, -0.05) is 6.07 Å². The summed E-state index contributed by atoms with van der Waals surface area (Å²) in [6, 6.07) is 10.6. The van der Waals surface area contributed by atoms with Crippen LogP contribution in [0.2, 0.25) is 0 Å². The van der Waals surface area contributed by atoms with Crippen LogP contribution < -0.4 is 5.32 Å². The van der Waals surface area contributed by atoms with Crippen molar-refractivity contribution >= 4 is 28.8 Å². The number of amides is 2. The third kappa shape index (κ3) is 3.78. The SMILES string of the molecule is CON(C)C(=O)c1ccc(NC(=O)C(C)(C)c2cccs2)cc1. The summed E-state index contributed by atoms with van der Waals surface area (Å²) in [7, 11) is 2.97. The van der Waals surface area contributed by atoms with Crippen LogP contribution in [0.15, 0.2) is 41.8 Å². The van der Waals surface area contributed by atoms with E-state index in [1.807, 2.05) is 31.4 Å². The largest absolute Gasteiger partial charge is 0.325 e. The van der Waals surface area contributed by atoms with E-state index in [9.17, 15) is 9.59 Å². The van der Waals surface area contributed by atoms with Gasteiger partial charge in [-0.2, -0.15) is 0 Å². The van der Waals surface area contributed by atoms with Crippen molar-refractivity contribution in [2.45, 2.75) is 19.3 Å². The second-order valence-corrected chi connectivity index (χ2v) is 6.57. The summed E-state index contributed by atoms with van der Waals surface area (Å²) >= 11 is 1.56. The van der Waals surface area contributed by atoms with Crippen molar-refractivity contribution in [1.29, 1.82) is 0 Å². The molecule has 2 amide bonds. The van der Waals surface area contributed by atoms with Crippen molar-refractivity contribution in [2.24, 2.45) is 0 Å². The summed E-state index contributed by atoms with van der Waals surface area (Å²) in [6.45, 7) is 3.78. The Kier molecular flexibility index (Phi) is 5.18. The Labute approximate surface area is 139 Å². The van der Waals surface area contributed by atoms with Gasteiger partial charge in [0.2, 0.25) is 5.91 Å². The van der Waals surface area contributed by atoms with Gasteiger partial charge >= 0.3 is 0 Å². The van der Waals surface area contributed by atoms with E-state index in [1.165, 1.54) is 7.11 Å². The molecule has 2 rings (SSSR count). The Balaban J connectivity index is 2.09. The van der Waals surface area contributed by atoms with Gasteiger partial charge in [0.15, 0.2) is 0 Å². The summed E-state index contributed by atoms with van der Waals surface area (Å²) in [5.74, 6) is -0.336. The van der Waals surface area contributed by atoms with Crippen LogP contribution in [0.5, 0.6) is 0 Å². The van der Waals surface area contributed by atoms with Gasteiger partial charge in [-0.15, -0.1) is 11.3 Å². The van der Waals surface area contributed by atoms with Gasteiger partial charge in [0.05, 0.1) is 12.5 Å². The molecular formula is C17H20N2O3S. The highest BCUT2D eigenvalue weighted by Gasteiger charge is 2.30. The number of hydrogen-bond acceptors (Lipinski definition) is 4. The second-order valence-electron chi connectivity index (χ2n) is 5.62. The lowest BCUT2D eigenvalue weighted by Gasteiger charge is -2.22. The molecule has 0 saturated heterocycles. The van der Waals surface area contributed by atoms with Crippen molar-refractivity contribution in [2.75, 3.05) is 19.5 Å². The number of carbonyl (C=O) groups is 2. The van der Waals surface area contributed by atoms with Gasteiger partial charge in [-0.3, -0.25) is 14.4 Å². The normalized spacial score (nSPS) is 11.1. The fraction of sp³-hybridized carbons (Fsp3) is 0.294. The van der Waals surface area contributed by atoms with E-state index in [-0.39, 0.29) is 11.8 Å². The quantitative estimate of drug-likeness (QED) is 0.855. The van der Waals surface area contributed by atoms with Crippen LogP contribution in [0, 0.1) is 0 Å². The molecule has 0 atom stereocenters. The number of thiophene rings is 1. The minimum absolute atomic E-state index is 0.0898. The van der Waals surface area contributed by atoms with E-state index >= 15 is 0 Å². The molecule has 0 unspecified atom stereocenters. The maximum atomic E-state index is 12.5. The van der Waals surface area contributed by atoms with Gasteiger partial charge in [0.1, 0.15) is 0 Å². The minimum Gasteiger partial charge on any atom is -0.325 e. The van der Waals surface area contributed by atoms with Crippen molar-refractivity contribution in [3.05, 3.63) is 52.2 Å². The molecule has 0 aliphatic heterocycles. The molecule has 6 heteroatoms. The summed E-state index contributed by atoms with van der Waals surface area (Å²) < 4.78 is 0. The van der Waals surface area contributed by atoms with E-state index in [4.69, 9.17) is 4.84 Å². The topological polar surface area (TPSA) is 58.6 Å². The predicted octanol–water partition coefficient (Wildman–Crippen LogP) is 3.30. The zero-order valence-electron chi connectivity index (χ0n) is 13.6. The molecule has 0 aliphatic carbocycles. The predicted molar refractivity (Wildman–Crippen MR) is 91.5 cm³/mol. The zero-order valence-corrected chi connectivity index (χ0v) is 14.4. The molecule has 0 fully saturated rings. The fourth-order valence-electron chi connectivity index (χ4n) is 1.99. The van der Waals surface area contributed by atoms with Crippen molar-refractivity contribution < 1.29 is 14.4 Å². The van der Waals surface area contributed by atoms with Gasteiger partial charge in [-0.25, -0.2) is 5.06 Å². The van der Waals surface area contributed by atoms with Gasteiger partial charge in [0, 0.05) is 23.2 Å². The molecule has 1 heterocycles. The lowest BCUT2D eigenvalue weighted by Crippen LogP contribution is -2.34. The molecule has 122 valence electrons. The van der Waals surface area contributed by atoms with Crippen molar-refractivity contribution in [3.63, 3.8) is 0 Å². The third-order valence-corrected chi connectivity index (χ3v) is 4.85. The first-order valence-corrected chi connectivity index (χ1v) is 8.02. The van der Waals surface area contributed by atoms with E-state index < -0.39 is 5.41 Å². The van der Waals surface area contributed by atoms with Crippen LogP contribution in [0.25, 0.3) is 0 Å². The van der Waals surface area contributed by atoms with Crippen LogP contribution in [-0.2, 0) is 15.0 Å². The molecule has 1 aromatic carbocycles. The highest BCUT2D eigenvalue weighted by molar-refractivity contribution is 7.10. The van der Waals surface area contributed by atoms with E-state index in [1.54, 1.807) is 42.6 Å². The van der Waals surface area contributed by atoms with Crippen LogP contribution in [0.1, 0.15) is 29.1 Å². The molecular weight excluding hydrogens is 312 g/mol. The number of hydrogen-bond donors (Lipinski definition) is 1. The summed E-state index contributed by atoms with van der Waals surface area (Å²) in [5, 5.41) is 5.99. The molecule has 2 aromatic rings. The fourth-order valence-corrected chi connectivity index (χ4v) is 2.84. The molecule has 1 N–H and O–H groups in total. The van der Waals surface area contributed by atoms with Crippen molar-refractivity contribution in [1.82, 2.24) is 5.06 Å².